The van der Waals surface area contributed by atoms with Crippen LogP contribution in [0.15, 0.2) is 41.3 Å². The molecule has 1 aliphatic heterocycles. The van der Waals surface area contributed by atoms with Gasteiger partial charge in [-0.2, -0.15) is 4.31 Å². The lowest BCUT2D eigenvalue weighted by Crippen LogP contribution is -2.40. The summed E-state index contributed by atoms with van der Waals surface area (Å²) in [6.45, 7) is 9.60. The van der Waals surface area contributed by atoms with Crippen LogP contribution in [0.5, 0.6) is 0 Å². The topological polar surface area (TPSA) is 93.2 Å². The number of sulfonamides is 1. The van der Waals surface area contributed by atoms with Gasteiger partial charge in [0, 0.05) is 32.6 Å². The summed E-state index contributed by atoms with van der Waals surface area (Å²) in [5, 5.41) is 0. The van der Waals surface area contributed by atoms with Crippen LogP contribution in [0.2, 0.25) is 0 Å². The predicted octanol–water partition coefficient (Wildman–Crippen LogP) is 1.61. The number of nitrogens with zero attached hydrogens (tertiary/aromatic N) is 2. The van der Waals surface area contributed by atoms with Gasteiger partial charge < -0.3 is 14.4 Å². The lowest BCUT2D eigenvalue weighted by molar-refractivity contribution is -0.151. The van der Waals surface area contributed by atoms with Gasteiger partial charge in [0.25, 0.3) is 5.91 Å². The Morgan fingerprint density at radius 2 is 1.83 bits per heavy atom. The number of hydrogen-bond donors (Lipinski definition) is 0. The van der Waals surface area contributed by atoms with Crippen molar-refractivity contribution in [2.24, 2.45) is 0 Å². The maximum absolute atomic E-state index is 12.6. The van der Waals surface area contributed by atoms with Gasteiger partial charge in [-0.3, -0.25) is 9.59 Å². The zero-order chi connectivity index (χ0) is 22.1. The van der Waals surface area contributed by atoms with Gasteiger partial charge in [0.15, 0.2) is 6.61 Å². The van der Waals surface area contributed by atoms with Crippen LogP contribution in [-0.2, 0) is 35.5 Å². The van der Waals surface area contributed by atoms with Crippen LogP contribution in [0.1, 0.15) is 25.8 Å². The molecule has 1 heterocycles. The van der Waals surface area contributed by atoms with Crippen LogP contribution >= 0.6 is 0 Å². The Hall–Kier alpha value is -2.23. The Bertz CT molecular complexity index is 845. The number of carbonyl (C=O) groups is 2. The summed E-state index contributed by atoms with van der Waals surface area (Å²) in [6.07, 6.45) is 0.504. The third-order valence-electron chi connectivity index (χ3n) is 4.70. The van der Waals surface area contributed by atoms with Crippen molar-refractivity contribution in [2.75, 3.05) is 46.0 Å². The van der Waals surface area contributed by atoms with Crippen molar-refractivity contribution in [3.05, 3.63) is 42.0 Å². The monoisotopic (exact) mass is 438 g/mol. The summed E-state index contributed by atoms with van der Waals surface area (Å²) in [5.74, 6) is -0.730. The molecular formula is C21H30N2O6S. The molecule has 1 aromatic rings. The van der Waals surface area contributed by atoms with Crippen molar-refractivity contribution in [2.45, 2.75) is 31.6 Å². The number of morpholine rings is 1. The maximum Gasteiger partial charge on any atom is 0.306 e. The van der Waals surface area contributed by atoms with Crippen molar-refractivity contribution in [1.29, 1.82) is 0 Å². The third-order valence-corrected chi connectivity index (χ3v) is 6.61. The van der Waals surface area contributed by atoms with Crippen molar-refractivity contribution in [3.63, 3.8) is 0 Å². The van der Waals surface area contributed by atoms with Crippen LogP contribution in [0, 0.1) is 0 Å². The van der Waals surface area contributed by atoms with Gasteiger partial charge in [-0.05, 0) is 38.0 Å². The molecule has 30 heavy (non-hydrogen) atoms. The summed E-state index contributed by atoms with van der Waals surface area (Å²) >= 11 is 0. The number of ether oxygens (including phenoxy) is 2. The van der Waals surface area contributed by atoms with E-state index in [1.165, 1.54) is 4.31 Å². The van der Waals surface area contributed by atoms with Crippen LogP contribution in [0.4, 0.5) is 0 Å². The molecule has 2 rings (SSSR count). The first-order valence-corrected chi connectivity index (χ1v) is 11.4. The van der Waals surface area contributed by atoms with E-state index in [4.69, 9.17) is 9.47 Å². The zero-order valence-electron chi connectivity index (χ0n) is 17.6. The first kappa shape index (κ1) is 24.0. The number of rotatable bonds is 10. The summed E-state index contributed by atoms with van der Waals surface area (Å²) in [6, 6.07) is 6.48. The van der Waals surface area contributed by atoms with Crippen LogP contribution in [0.25, 0.3) is 0 Å². The van der Waals surface area contributed by atoms with Gasteiger partial charge in [0.1, 0.15) is 0 Å². The third kappa shape index (κ3) is 6.93. The molecule has 1 amide bonds. The molecule has 166 valence electrons. The van der Waals surface area contributed by atoms with Crippen molar-refractivity contribution >= 4 is 21.9 Å². The minimum Gasteiger partial charge on any atom is -0.456 e. The molecule has 0 saturated carbocycles. The summed E-state index contributed by atoms with van der Waals surface area (Å²) in [7, 11) is -3.53. The van der Waals surface area contributed by atoms with Gasteiger partial charge in [-0.1, -0.05) is 24.3 Å². The first-order chi connectivity index (χ1) is 14.2. The Morgan fingerprint density at radius 1 is 1.20 bits per heavy atom. The number of benzene rings is 1. The van der Waals surface area contributed by atoms with E-state index in [2.05, 4.69) is 6.58 Å². The fourth-order valence-corrected chi connectivity index (χ4v) is 4.43. The van der Waals surface area contributed by atoms with Crippen LogP contribution in [-0.4, -0.2) is 75.5 Å². The lowest BCUT2D eigenvalue weighted by Gasteiger charge is -2.26. The average Bonchev–Trinajstić information content (AvgIpc) is 2.75. The Morgan fingerprint density at radius 3 is 2.40 bits per heavy atom. The Kier molecular flexibility index (Phi) is 9.01. The van der Waals surface area contributed by atoms with E-state index in [9.17, 15) is 18.0 Å². The van der Waals surface area contributed by atoms with Gasteiger partial charge in [-0.25, -0.2) is 8.42 Å². The minimum absolute atomic E-state index is 0.107. The molecule has 0 radical (unpaired) electrons. The smallest absolute Gasteiger partial charge is 0.306 e. The molecule has 0 bridgehead atoms. The molecule has 0 aromatic heterocycles. The van der Waals surface area contributed by atoms with Crippen molar-refractivity contribution in [3.8, 4) is 0 Å². The minimum atomic E-state index is -3.53. The highest BCUT2D eigenvalue weighted by molar-refractivity contribution is 7.89. The van der Waals surface area contributed by atoms with E-state index >= 15 is 0 Å². The molecule has 1 fully saturated rings. The van der Waals surface area contributed by atoms with E-state index in [-0.39, 0.29) is 23.8 Å². The molecule has 9 heteroatoms. The second-order valence-corrected chi connectivity index (χ2v) is 9.12. The molecule has 1 saturated heterocycles. The van der Waals surface area contributed by atoms with E-state index in [1.807, 2.05) is 13.8 Å². The second kappa shape index (κ2) is 11.2. The number of carbonyl (C=O) groups excluding carboxylic acids is 2. The number of hydrogen-bond acceptors (Lipinski definition) is 6. The number of aryl methyl sites for hydroxylation is 1. The summed E-state index contributed by atoms with van der Waals surface area (Å²) in [5.41, 5.74) is 1.67. The fraction of sp³-hybridized carbons (Fsp3) is 0.524. The van der Waals surface area contributed by atoms with Crippen LogP contribution < -0.4 is 0 Å². The lowest BCUT2D eigenvalue weighted by atomic mass is 10.1. The van der Waals surface area contributed by atoms with Crippen molar-refractivity contribution < 1.29 is 27.5 Å². The maximum atomic E-state index is 12.6. The molecule has 0 N–H and O–H groups in total. The molecule has 0 aliphatic carbocycles. The fourth-order valence-electron chi connectivity index (χ4n) is 3.02. The molecule has 8 nitrogen and oxygen atoms in total. The van der Waals surface area contributed by atoms with Gasteiger partial charge in [0.05, 0.1) is 18.1 Å². The number of esters is 1. The van der Waals surface area contributed by atoms with E-state index in [0.29, 0.717) is 45.8 Å². The molecule has 1 aromatic carbocycles. The first-order valence-electron chi connectivity index (χ1n) is 9.98. The van der Waals surface area contributed by atoms with Gasteiger partial charge in [0.2, 0.25) is 10.0 Å². The average molecular weight is 439 g/mol. The van der Waals surface area contributed by atoms with E-state index in [0.717, 1.165) is 11.1 Å². The Balaban J connectivity index is 1.82. The van der Waals surface area contributed by atoms with Gasteiger partial charge >= 0.3 is 5.97 Å². The largest absolute Gasteiger partial charge is 0.456 e. The van der Waals surface area contributed by atoms with E-state index < -0.39 is 16.0 Å². The number of amides is 1. The Labute approximate surface area is 178 Å². The van der Waals surface area contributed by atoms with Gasteiger partial charge in [-0.15, -0.1) is 0 Å². The zero-order valence-corrected chi connectivity index (χ0v) is 18.4. The summed E-state index contributed by atoms with van der Waals surface area (Å²) in [4.78, 5) is 25.8. The molecule has 1 aliphatic rings. The molecular weight excluding hydrogens is 408 g/mol. The molecule has 0 atom stereocenters. The highest BCUT2D eigenvalue weighted by atomic mass is 32.2. The summed E-state index contributed by atoms with van der Waals surface area (Å²) < 4.78 is 36.9. The quantitative estimate of drug-likeness (QED) is 0.407. The SMILES string of the molecule is C=C(C)CN(CC)C(=O)COC(=O)CCc1ccc(S(=O)(=O)N2CCOCC2)cc1. The number of likely N-dealkylation sites (N-methyl/N-ethyl adjacent to an activating group) is 1. The molecule has 0 spiro atoms. The standard InChI is InChI=1S/C21H30N2O6S/c1-4-22(15-17(2)3)20(24)16-29-21(25)10-7-18-5-8-19(9-6-18)30(26,27)23-11-13-28-14-12-23/h5-6,8-9H,2,4,7,10-16H2,1,3H3. The predicted molar refractivity (Wildman–Crippen MR) is 112 cm³/mol. The van der Waals surface area contributed by atoms with Crippen molar-refractivity contribution in [1.82, 2.24) is 9.21 Å². The second-order valence-electron chi connectivity index (χ2n) is 7.19. The highest BCUT2D eigenvalue weighted by Crippen LogP contribution is 2.18. The normalized spacial score (nSPS) is 14.9. The molecule has 0 unspecified atom stereocenters. The highest BCUT2D eigenvalue weighted by Gasteiger charge is 2.26. The van der Waals surface area contributed by atoms with E-state index in [1.54, 1.807) is 29.2 Å². The van der Waals surface area contributed by atoms with Crippen LogP contribution in [0.3, 0.4) is 0 Å².